The molecule has 1 amide bonds. The number of ether oxygens (including phenoxy) is 1. The highest BCUT2D eigenvalue weighted by Crippen LogP contribution is 2.13. The molecule has 144 valence electrons. The summed E-state index contributed by atoms with van der Waals surface area (Å²) in [5, 5.41) is 7.23. The maximum absolute atomic E-state index is 11.6. The van der Waals surface area contributed by atoms with Crippen molar-refractivity contribution in [2.45, 2.75) is 13.1 Å². The summed E-state index contributed by atoms with van der Waals surface area (Å²) in [6.07, 6.45) is 0. The van der Waals surface area contributed by atoms with Crippen LogP contribution < -0.4 is 15.4 Å². The molecule has 2 rings (SSSR count). The van der Waals surface area contributed by atoms with Crippen LogP contribution in [-0.4, -0.2) is 44.5 Å². The van der Waals surface area contributed by atoms with E-state index in [-0.39, 0.29) is 12.5 Å². The molecule has 0 heterocycles. The summed E-state index contributed by atoms with van der Waals surface area (Å²) in [6, 6.07) is 15.3. The van der Waals surface area contributed by atoms with Crippen LogP contribution >= 0.6 is 11.6 Å². The number of nitrogens with one attached hydrogen (secondary N) is 2. The van der Waals surface area contributed by atoms with E-state index in [1.807, 2.05) is 48.5 Å². The Balaban J connectivity index is 1.84. The van der Waals surface area contributed by atoms with Gasteiger partial charge in [0.05, 0.1) is 0 Å². The standard InChI is InChI=1S/C20H25ClN4O2/c1-22-20(23-12-15-7-9-17(21)10-8-15)24-13-16-5-4-6-18(11-16)27-14-19(26)25(2)3/h4-11H,12-14H2,1-3H3,(H2,22,23,24). The Morgan fingerprint density at radius 2 is 1.74 bits per heavy atom. The number of hydrogen-bond acceptors (Lipinski definition) is 3. The molecule has 6 nitrogen and oxygen atoms in total. The molecule has 2 N–H and O–H groups in total. The van der Waals surface area contributed by atoms with E-state index < -0.39 is 0 Å². The second-order valence-electron chi connectivity index (χ2n) is 6.13. The maximum Gasteiger partial charge on any atom is 0.259 e. The van der Waals surface area contributed by atoms with E-state index in [2.05, 4.69) is 15.6 Å². The Kier molecular flexibility index (Phi) is 7.95. The van der Waals surface area contributed by atoms with Gasteiger partial charge in [-0.1, -0.05) is 35.9 Å². The van der Waals surface area contributed by atoms with Crippen LogP contribution in [0.2, 0.25) is 5.02 Å². The van der Waals surface area contributed by atoms with Crippen molar-refractivity contribution in [3.05, 3.63) is 64.7 Å². The zero-order chi connectivity index (χ0) is 19.6. The lowest BCUT2D eigenvalue weighted by Gasteiger charge is -2.14. The number of benzene rings is 2. The Morgan fingerprint density at radius 1 is 1.07 bits per heavy atom. The fourth-order valence-electron chi connectivity index (χ4n) is 2.21. The van der Waals surface area contributed by atoms with Crippen LogP contribution in [-0.2, 0) is 17.9 Å². The first kappa shape index (κ1) is 20.6. The van der Waals surface area contributed by atoms with Crippen molar-refractivity contribution in [3.8, 4) is 5.75 Å². The molecule has 2 aromatic carbocycles. The third-order valence-corrected chi connectivity index (χ3v) is 4.07. The highest BCUT2D eigenvalue weighted by Gasteiger charge is 2.06. The first-order valence-corrected chi connectivity index (χ1v) is 8.96. The molecule has 0 radical (unpaired) electrons. The molecule has 7 heteroatoms. The SMILES string of the molecule is CN=C(NCc1ccc(Cl)cc1)NCc1cccc(OCC(=O)N(C)C)c1. The smallest absolute Gasteiger partial charge is 0.259 e. The first-order chi connectivity index (χ1) is 13.0. The summed E-state index contributed by atoms with van der Waals surface area (Å²) in [6.45, 7) is 1.25. The molecule has 0 bridgehead atoms. The van der Waals surface area contributed by atoms with Gasteiger partial charge >= 0.3 is 0 Å². The third-order valence-electron chi connectivity index (χ3n) is 3.82. The van der Waals surface area contributed by atoms with E-state index in [0.29, 0.717) is 24.8 Å². The van der Waals surface area contributed by atoms with Gasteiger partial charge in [-0.2, -0.15) is 0 Å². The normalized spacial score (nSPS) is 11.0. The summed E-state index contributed by atoms with van der Waals surface area (Å²) in [5.41, 5.74) is 2.14. The molecule has 0 fully saturated rings. The van der Waals surface area contributed by atoms with E-state index in [0.717, 1.165) is 16.1 Å². The topological polar surface area (TPSA) is 66.0 Å². The number of aliphatic imine (C=N–C) groups is 1. The van der Waals surface area contributed by atoms with Gasteiger partial charge in [-0.15, -0.1) is 0 Å². The van der Waals surface area contributed by atoms with Gasteiger partial charge in [-0.05, 0) is 35.4 Å². The number of halogens is 1. The van der Waals surface area contributed by atoms with Gasteiger partial charge in [0.2, 0.25) is 0 Å². The largest absolute Gasteiger partial charge is 0.484 e. The van der Waals surface area contributed by atoms with Crippen LogP contribution in [0, 0.1) is 0 Å². The zero-order valence-corrected chi connectivity index (χ0v) is 16.6. The van der Waals surface area contributed by atoms with Crippen LogP contribution in [0.5, 0.6) is 5.75 Å². The van der Waals surface area contributed by atoms with Crippen molar-refractivity contribution < 1.29 is 9.53 Å². The van der Waals surface area contributed by atoms with Gasteiger partial charge in [0.25, 0.3) is 5.91 Å². The molecule has 0 saturated carbocycles. The third kappa shape index (κ3) is 7.19. The lowest BCUT2D eigenvalue weighted by molar-refractivity contribution is -0.130. The monoisotopic (exact) mass is 388 g/mol. The molecule has 0 aliphatic heterocycles. The second kappa shape index (κ2) is 10.4. The average Bonchev–Trinajstić information content (AvgIpc) is 2.67. The van der Waals surface area contributed by atoms with E-state index in [1.165, 1.54) is 4.90 Å². The molecule has 0 aliphatic rings. The Labute approximate surface area is 165 Å². The second-order valence-corrected chi connectivity index (χ2v) is 6.57. The average molecular weight is 389 g/mol. The predicted molar refractivity (Wildman–Crippen MR) is 109 cm³/mol. The molecule has 0 atom stereocenters. The Hall–Kier alpha value is -2.73. The van der Waals surface area contributed by atoms with E-state index in [4.69, 9.17) is 16.3 Å². The molecular formula is C20H25ClN4O2. The first-order valence-electron chi connectivity index (χ1n) is 8.59. The molecule has 27 heavy (non-hydrogen) atoms. The minimum absolute atomic E-state index is 0.0220. The fraction of sp³-hybridized carbons (Fsp3) is 0.300. The van der Waals surface area contributed by atoms with Crippen LogP contribution in [0.25, 0.3) is 0 Å². The Morgan fingerprint density at radius 3 is 2.37 bits per heavy atom. The summed E-state index contributed by atoms with van der Waals surface area (Å²) in [5.74, 6) is 1.28. The zero-order valence-electron chi connectivity index (χ0n) is 15.8. The minimum Gasteiger partial charge on any atom is -0.484 e. The summed E-state index contributed by atoms with van der Waals surface area (Å²) in [7, 11) is 5.13. The number of rotatable bonds is 7. The van der Waals surface area contributed by atoms with Crippen molar-refractivity contribution in [1.29, 1.82) is 0 Å². The van der Waals surface area contributed by atoms with Gasteiger partial charge in [0, 0.05) is 39.3 Å². The van der Waals surface area contributed by atoms with Crippen LogP contribution in [0.1, 0.15) is 11.1 Å². The van der Waals surface area contributed by atoms with Crippen LogP contribution in [0.3, 0.4) is 0 Å². The molecule has 0 aromatic heterocycles. The fourth-order valence-corrected chi connectivity index (χ4v) is 2.34. The number of carbonyl (C=O) groups excluding carboxylic acids is 1. The molecule has 0 unspecified atom stereocenters. The minimum atomic E-state index is -0.0784. The summed E-state index contributed by atoms with van der Waals surface area (Å²) in [4.78, 5) is 17.3. The quantitative estimate of drug-likeness (QED) is 0.565. The number of carbonyl (C=O) groups is 1. The van der Waals surface area contributed by atoms with Crippen LogP contribution in [0.15, 0.2) is 53.5 Å². The van der Waals surface area contributed by atoms with Gasteiger partial charge in [0.15, 0.2) is 12.6 Å². The number of likely N-dealkylation sites (N-methyl/N-ethyl adjacent to an activating group) is 1. The van der Waals surface area contributed by atoms with Gasteiger partial charge in [0.1, 0.15) is 5.75 Å². The van der Waals surface area contributed by atoms with Crippen LogP contribution in [0.4, 0.5) is 0 Å². The molecular weight excluding hydrogens is 364 g/mol. The van der Waals surface area contributed by atoms with Gasteiger partial charge in [-0.3, -0.25) is 9.79 Å². The predicted octanol–water partition coefficient (Wildman–Crippen LogP) is 2.67. The van der Waals surface area contributed by atoms with Crippen molar-refractivity contribution in [2.24, 2.45) is 4.99 Å². The van der Waals surface area contributed by atoms with E-state index >= 15 is 0 Å². The van der Waals surface area contributed by atoms with Crippen molar-refractivity contribution in [1.82, 2.24) is 15.5 Å². The molecule has 2 aromatic rings. The van der Waals surface area contributed by atoms with Gasteiger partial charge in [-0.25, -0.2) is 0 Å². The number of nitrogens with zero attached hydrogens (tertiary/aromatic N) is 2. The maximum atomic E-state index is 11.6. The highest BCUT2D eigenvalue weighted by atomic mass is 35.5. The van der Waals surface area contributed by atoms with Gasteiger partial charge < -0.3 is 20.3 Å². The lowest BCUT2D eigenvalue weighted by Crippen LogP contribution is -2.36. The van der Waals surface area contributed by atoms with E-state index in [1.54, 1.807) is 21.1 Å². The number of guanidine groups is 1. The van der Waals surface area contributed by atoms with Crippen molar-refractivity contribution in [3.63, 3.8) is 0 Å². The number of amides is 1. The highest BCUT2D eigenvalue weighted by molar-refractivity contribution is 6.30. The molecule has 0 aliphatic carbocycles. The van der Waals surface area contributed by atoms with Crippen molar-refractivity contribution >= 4 is 23.5 Å². The molecule has 0 saturated heterocycles. The molecule has 0 spiro atoms. The summed E-state index contributed by atoms with van der Waals surface area (Å²) < 4.78 is 5.54. The van der Waals surface area contributed by atoms with Crippen molar-refractivity contribution in [2.75, 3.05) is 27.7 Å². The van der Waals surface area contributed by atoms with E-state index in [9.17, 15) is 4.79 Å². The Bertz CT molecular complexity index is 776. The summed E-state index contributed by atoms with van der Waals surface area (Å²) >= 11 is 5.90. The lowest BCUT2D eigenvalue weighted by atomic mass is 10.2. The number of hydrogen-bond donors (Lipinski definition) is 2.